The van der Waals surface area contributed by atoms with Crippen LogP contribution in [-0.4, -0.2) is 45.9 Å². The van der Waals surface area contributed by atoms with Crippen LogP contribution in [0.2, 0.25) is 0 Å². The summed E-state index contributed by atoms with van der Waals surface area (Å²) in [7, 11) is -2.02. The molecule has 0 aromatic heterocycles. The molecular formula is C14H24FN3O2S. The van der Waals surface area contributed by atoms with Gasteiger partial charge in [-0.25, -0.2) is 4.39 Å². The molecular weight excluding hydrogens is 293 g/mol. The molecule has 0 atom stereocenters. The van der Waals surface area contributed by atoms with Crippen LogP contribution in [0.3, 0.4) is 0 Å². The molecule has 0 aliphatic heterocycles. The molecule has 5 nitrogen and oxygen atoms in total. The number of halogens is 1. The smallest absolute Gasteiger partial charge is 0.303 e. The first-order valence-corrected chi connectivity index (χ1v) is 8.53. The van der Waals surface area contributed by atoms with E-state index in [1.165, 1.54) is 32.9 Å². The van der Waals surface area contributed by atoms with Crippen molar-refractivity contribution in [1.29, 1.82) is 0 Å². The Bertz CT molecular complexity index is 520. The molecule has 1 aromatic carbocycles. The Morgan fingerprint density at radius 3 is 2.33 bits per heavy atom. The second-order valence-corrected chi connectivity index (χ2v) is 6.64. The predicted molar refractivity (Wildman–Crippen MR) is 84.1 cm³/mol. The fourth-order valence-corrected chi connectivity index (χ4v) is 3.38. The van der Waals surface area contributed by atoms with Crippen molar-refractivity contribution in [2.75, 3.05) is 37.5 Å². The molecule has 0 aliphatic rings. The number of hydrogen-bond donors (Lipinski definition) is 1. The Morgan fingerprint density at radius 2 is 1.81 bits per heavy atom. The van der Waals surface area contributed by atoms with Gasteiger partial charge in [-0.3, -0.25) is 4.31 Å². The van der Waals surface area contributed by atoms with Gasteiger partial charge in [-0.1, -0.05) is 6.92 Å². The molecule has 0 radical (unpaired) electrons. The Balaban J connectivity index is 2.79. The van der Waals surface area contributed by atoms with E-state index in [2.05, 4.69) is 5.32 Å². The highest BCUT2D eigenvalue weighted by Gasteiger charge is 2.25. The number of nitrogens with one attached hydrogen (secondary N) is 1. The van der Waals surface area contributed by atoms with Crippen LogP contribution in [0.15, 0.2) is 24.3 Å². The van der Waals surface area contributed by atoms with Gasteiger partial charge in [0.2, 0.25) is 0 Å². The monoisotopic (exact) mass is 317 g/mol. The molecule has 0 aliphatic carbocycles. The van der Waals surface area contributed by atoms with E-state index in [9.17, 15) is 12.8 Å². The first kappa shape index (κ1) is 17.9. The van der Waals surface area contributed by atoms with Crippen molar-refractivity contribution in [1.82, 2.24) is 9.62 Å². The molecule has 1 rings (SSSR count). The standard InChI is InChI=1S/C14H24FN3O2S/c1-4-16-11-6-12-17(3)21(19,20)18(5-2)14-9-7-13(15)8-10-14/h7-10,16H,4-6,11-12H2,1-3H3. The van der Waals surface area contributed by atoms with Gasteiger partial charge in [0.05, 0.1) is 5.69 Å². The lowest BCUT2D eigenvalue weighted by atomic mass is 10.3. The van der Waals surface area contributed by atoms with E-state index in [-0.39, 0.29) is 5.82 Å². The average Bonchev–Trinajstić information content (AvgIpc) is 2.46. The van der Waals surface area contributed by atoms with Crippen molar-refractivity contribution >= 4 is 15.9 Å². The van der Waals surface area contributed by atoms with Crippen molar-refractivity contribution in [2.24, 2.45) is 0 Å². The van der Waals surface area contributed by atoms with Crippen LogP contribution in [0, 0.1) is 5.82 Å². The molecule has 0 amide bonds. The number of nitrogens with zero attached hydrogens (tertiary/aromatic N) is 2. The minimum Gasteiger partial charge on any atom is -0.317 e. The zero-order valence-electron chi connectivity index (χ0n) is 12.8. The molecule has 120 valence electrons. The van der Waals surface area contributed by atoms with E-state index in [1.807, 2.05) is 6.92 Å². The molecule has 21 heavy (non-hydrogen) atoms. The Morgan fingerprint density at radius 1 is 1.19 bits per heavy atom. The molecule has 0 heterocycles. The minimum absolute atomic E-state index is 0.297. The second kappa shape index (κ2) is 8.31. The predicted octanol–water partition coefficient (Wildman–Crippen LogP) is 1.83. The fourth-order valence-electron chi connectivity index (χ4n) is 1.97. The Kier molecular flexibility index (Phi) is 7.07. The second-order valence-electron chi connectivity index (χ2n) is 4.68. The lowest BCUT2D eigenvalue weighted by Crippen LogP contribution is -2.42. The van der Waals surface area contributed by atoms with Gasteiger partial charge in [0, 0.05) is 20.1 Å². The molecule has 0 unspecified atom stereocenters. The van der Waals surface area contributed by atoms with Crippen LogP contribution in [0.1, 0.15) is 20.3 Å². The summed E-state index contributed by atoms with van der Waals surface area (Å²) in [5.41, 5.74) is 0.470. The minimum atomic E-state index is -3.59. The number of anilines is 1. The average molecular weight is 317 g/mol. The Labute approximate surface area is 126 Å². The van der Waals surface area contributed by atoms with E-state index in [0.717, 1.165) is 19.5 Å². The van der Waals surface area contributed by atoms with Gasteiger partial charge < -0.3 is 5.32 Å². The highest BCUT2D eigenvalue weighted by Crippen LogP contribution is 2.20. The van der Waals surface area contributed by atoms with E-state index in [0.29, 0.717) is 18.8 Å². The molecule has 0 bridgehead atoms. The van der Waals surface area contributed by atoms with E-state index in [1.54, 1.807) is 14.0 Å². The zero-order chi connectivity index (χ0) is 15.9. The van der Waals surface area contributed by atoms with E-state index in [4.69, 9.17) is 0 Å². The summed E-state index contributed by atoms with van der Waals surface area (Å²) in [5, 5.41) is 3.16. The van der Waals surface area contributed by atoms with Crippen molar-refractivity contribution in [2.45, 2.75) is 20.3 Å². The summed E-state index contributed by atoms with van der Waals surface area (Å²) in [5.74, 6) is -0.383. The molecule has 0 fully saturated rings. The molecule has 0 saturated carbocycles. The SMILES string of the molecule is CCNCCCN(C)S(=O)(=O)N(CC)c1ccc(F)cc1. The van der Waals surface area contributed by atoms with Crippen LogP contribution in [0.25, 0.3) is 0 Å². The normalized spacial score (nSPS) is 11.9. The molecule has 0 saturated heterocycles. The van der Waals surface area contributed by atoms with Crippen LogP contribution in [0.5, 0.6) is 0 Å². The quantitative estimate of drug-likeness (QED) is 0.707. The van der Waals surface area contributed by atoms with E-state index < -0.39 is 10.2 Å². The van der Waals surface area contributed by atoms with Crippen molar-refractivity contribution in [3.63, 3.8) is 0 Å². The van der Waals surface area contributed by atoms with Crippen LogP contribution < -0.4 is 9.62 Å². The topological polar surface area (TPSA) is 52.7 Å². The summed E-state index contributed by atoms with van der Waals surface area (Å²) in [6.45, 7) is 6.14. The highest BCUT2D eigenvalue weighted by atomic mass is 32.2. The zero-order valence-corrected chi connectivity index (χ0v) is 13.7. The first-order valence-electron chi connectivity index (χ1n) is 7.13. The van der Waals surface area contributed by atoms with Gasteiger partial charge in [-0.05, 0) is 50.7 Å². The van der Waals surface area contributed by atoms with Gasteiger partial charge in [-0.2, -0.15) is 12.7 Å². The lowest BCUT2D eigenvalue weighted by molar-refractivity contribution is 0.453. The molecule has 7 heteroatoms. The first-order chi connectivity index (χ1) is 9.93. The van der Waals surface area contributed by atoms with Gasteiger partial charge in [-0.15, -0.1) is 0 Å². The summed E-state index contributed by atoms with van der Waals surface area (Å²) < 4.78 is 40.7. The summed E-state index contributed by atoms with van der Waals surface area (Å²) in [6.07, 6.45) is 0.741. The Hall–Kier alpha value is -1.18. The van der Waals surface area contributed by atoms with Crippen LogP contribution >= 0.6 is 0 Å². The highest BCUT2D eigenvalue weighted by molar-refractivity contribution is 7.90. The van der Waals surface area contributed by atoms with Gasteiger partial charge in [0.1, 0.15) is 5.82 Å². The maximum absolute atomic E-state index is 13.0. The third-order valence-electron chi connectivity index (χ3n) is 3.15. The largest absolute Gasteiger partial charge is 0.317 e. The molecule has 1 N–H and O–H groups in total. The van der Waals surface area contributed by atoms with Crippen LogP contribution in [0.4, 0.5) is 10.1 Å². The summed E-state index contributed by atoms with van der Waals surface area (Å²) in [6, 6.07) is 5.48. The maximum Gasteiger partial charge on any atom is 0.303 e. The van der Waals surface area contributed by atoms with Gasteiger partial charge in [0.25, 0.3) is 0 Å². The number of rotatable bonds is 9. The summed E-state index contributed by atoms with van der Waals surface area (Å²) in [4.78, 5) is 0. The fraction of sp³-hybridized carbons (Fsp3) is 0.571. The third-order valence-corrected chi connectivity index (χ3v) is 5.15. The van der Waals surface area contributed by atoms with Crippen molar-refractivity contribution in [3.05, 3.63) is 30.1 Å². The number of hydrogen-bond acceptors (Lipinski definition) is 3. The lowest BCUT2D eigenvalue weighted by Gasteiger charge is -2.28. The van der Waals surface area contributed by atoms with Gasteiger partial charge >= 0.3 is 10.2 Å². The van der Waals surface area contributed by atoms with E-state index >= 15 is 0 Å². The molecule has 0 spiro atoms. The maximum atomic E-state index is 13.0. The van der Waals surface area contributed by atoms with Gasteiger partial charge in [0.15, 0.2) is 0 Å². The number of benzene rings is 1. The van der Waals surface area contributed by atoms with Crippen molar-refractivity contribution in [3.8, 4) is 0 Å². The summed E-state index contributed by atoms with van der Waals surface area (Å²) >= 11 is 0. The van der Waals surface area contributed by atoms with Crippen LogP contribution in [-0.2, 0) is 10.2 Å². The molecule has 1 aromatic rings. The van der Waals surface area contributed by atoms with Crippen molar-refractivity contribution < 1.29 is 12.8 Å². The third kappa shape index (κ3) is 4.94.